The highest BCUT2D eigenvalue weighted by atomic mass is 16.6. The van der Waals surface area contributed by atoms with E-state index in [0.717, 1.165) is 19.3 Å². The number of carbonyl (C=O) groups excluding carboxylic acids is 2. The van der Waals surface area contributed by atoms with Gasteiger partial charge >= 0.3 is 0 Å². The van der Waals surface area contributed by atoms with E-state index in [0.29, 0.717) is 17.8 Å². The van der Waals surface area contributed by atoms with Gasteiger partial charge in [0.25, 0.3) is 5.91 Å². The molecule has 1 saturated carbocycles. The van der Waals surface area contributed by atoms with E-state index in [2.05, 4.69) is 39.8 Å². The summed E-state index contributed by atoms with van der Waals surface area (Å²) in [4.78, 5) is 28.1. The van der Waals surface area contributed by atoms with Crippen molar-refractivity contribution in [2.45, 2.75) is 78.6 Å². The van der Waals surface area contributed by atoms with Gasteiger partial charge in [-0.3, -0.25) is 9.59 Å². The first-order valence-corrected chi connectivity index (χ1v) is 12.1. The number of aliphatic hydroxyl groups is 1. The third-order valence-corrected chi connectivity index (χ3v) is 9.03. The summed E-state index contributed by atoms with van der Waals surface area (Å²) >= 11 is 0. The third kappa shape index (κ3) is 3.39. The molecule has 4 rings (SSSR count). The molecule has 1 N–H and O–H groups in total. The Balaban J connectivity index is 1.81. The van der Waals surface area contributed by atoms with Gasteiger partial charge in [-0.1, -0.05) is 46.3 Å². The van der Waals surface area contributed by atoms with Crippen molar-refractivity contribution >= 4 is 11.7 Å². The molecule has 5 nitrogen and oxygen atoms in total. The van der Waals surface area contributed by atoms with Crippen LogP contribution in [0.25, 0.3) is 0 Å². The Hall–Kier alpha value is -1.62. The van der Waals surface area contributed by atoms with E-state index in [-0.39, 0.29) is 58.4 Å². The van der Waals surface area contributed by atoms with Crippen molar-refractivity contribution in [3.05, 3.63) is 23.5 Å². The molecule has 0 aromatic rings. The summed E-state index contributed by atoms with van der Waals surface area (Å²) < 4.78 is 6.01. The Morgan fingerprint density at radius 2 is 1.90 bits per heavy atom. The standard InChI is InChI=1S/C26H39NO4/c1-8-14(3)22-24(29)21(25(30)27(22)7)23(28)20-18(26(6)16(5)31-26)10-9-17-12-13(2)11-15(4)19(17)20/h9-10,13-20,22,28H,8,11-12H2,1-7H3. The molecule has 2 heterocycles. The number of ether oxygens (including phenoxy) is 1. The molecule has 31 heavy (non-hydrogen) atoms. The predicted octanol–water partition coefficient (Wildman–Crippen LogP) is 4.53. The molecule has 0 aromatic carbocycles. The zero-order chi connectivity index (χ0) is 22.8. The molecule has 2 saturated heterocycles. The average Bonchev–Trinajstić information content (AvgIpc) is 3.26. The van der Waals surface area contributed by atoms with Gasteiger partial charge in [-0.2, -0.15) is 0 Å². The van der Waals surface area contributed by atoms with Crippen LogP contribution in [0, 0.1) is 41.4 Å². The number of aliphatic hydroxyl groups excluding tert-OH is 1. The number of likely N-dealkylation sites (N-methyl/N-ethyl adjacent to an activating group) is 1. The van der Waals surface area contributed by atoms with Crippen molar-refractivity contribution in [3.8, 4) is 0 Å². The van der Waals surface area contributed by atoms with Crippen LogP contribution in [0.15, 0.2) is 23.5 Å². The van der Waals surface area contributed by atoms with Crippen LogP contribution in [0.5, 0.6) is 0 Å². The molecular formula is C26H39NO4. The van der Waals surface area contributed by atoms with Crippen molar-refractivity contribution in [2.75, 3.05) is 7.05 Å². The number of amides is 1. The molecule has 10 unspecified atom stereocenters. The number of epoxide rings is 1. The van der Waals surface area contributed by atoms with Crippen molar-refractivity contribution in [2.24, 2.45) is 41.4 Å². The molecule has 5 heteroatoms. The number of hydrogen-bond donors (Lipinski definition) is 1. The minimum atomic E-state index is -0.487. The fourth-order valence-corrected chi connectivity index (χ4v) is 6.97. The molecule has 172 valence electrons. The number of fused-ring (bicyclic) bond motifs is 1. The number of hydrogen-bond acceptors (Lipinski definition) is 4. The molecule has 4 aliphatic rings. The van der Waals surface area contributed by atoms with Gasteiger partial charge in [0.15, 0.2) is 5.78 Å². The smallest absolute Gasteiger partial charge is 0.261 e. The SMILES string of the molecule is CCC(C)C1C(=O)C(=C(O)C2C3C(C)CC(C)CC3C=CC2C2(C)OC2C)C(=O)N1C. The molecular weight excluding hydrogens is 390 g/mol. The van der Waals surface area contributed by atoms with Crippen molar-refractivity contribution < 1.29 is 19.4 Å². The van der Waals surface area contributed by atoms with Gasteiger partial charge in [-0.05, 0) is 56.3 Å². The second-order valence-corrected chi connectivity index (χ2v) is 11.0. The van der Waals surface area contributed by atoms with Crippen molar-refractivity contribution in [3.63, 3.8) is 0 Å². The molecule has 10 atom stereocenters. The molecule has 0 aromatic heterocycles. The van der Waals surface area contributed by atoms with Crippen LogP contribution in [0.1, 0.15) is 60.8 Å². The fourth-order valence-electron chi connectivity index (χ4n) is 6.97. The van der Waals surface area contributed by atoms with E-state index in [1.165, 1.54) is 4.90 Å². The number of nitrogens with zero attached hydrogens (tertiary/aromatic N) is 1. The summed E-state index contributed by atoms with van der Waals surface area (Å²) in [6.45, 7) is 12.7. The van der Waals surface area contributed by atoms with E-state index >= 15 is 0 Å². The first-order chi connectivity index (χ1) is 14.5. The minimum Gasteiger partial charge on any atom is -0.511 e. The van der Waals surface area contributed by atoms with E-state index in [1.807, 2.05) is 13.8 Å². The number of carbonyl (C=O) groups is 2. The van der Waals surface area contributed by atoms with Gasteiger partial charge in [-0.15, -0.1) is 0 Å². The van der Waals surface area contributed by atoms with E-state index in [1.54, 1.807) is 7.05 Å². The van der Waals surface area contributed by atoms with Crippen LogP contribution < -0.4 is 0 Å². The Morgan fingerprint density at radius 1 is 1.26 bits per heavy atom. The Labute approximate surface area is 186 Å². The lowest BCUT2D eigenvalue weighted by molar-refractivity contribution is -0.126. The largest absolute Gasteiger partial charge is 0.511 e. The number of likely N-dealkylation sites (tertiary alicyclic amines) is 1. The van der Waals surface area contributed by atoms with Gasteiger partial charge in [0.05, 0.1) is 17.7 Å². The first-order valence-electron chi connectivity index (χ1n) is 12.1. The number of rotatable bonds is 4. The average molecular weight is 430 g/mol. The Kier molecular flexibility index (Phi) is 5.65. The molecule has 2 aliphatic carbocycles. The maximum Gasteiger partial charge on any atom is 0.261 e. The monoisotopic (exact) mass is 429 g/mol. The summed E-state index contributed by atoms with van der Waals surface area (Å²) in [6.07, 6.45) is 7.62. The summed E-state index contributed by atoms with van der Waals surface area (Å²) in [7, 11) is 1.69. The summed E-state index contributed by atoms with van der Waals surface area (Å²) in [5.74, 6) is 0.829. The molecule has 0 radical (unpaired) electrons. The zero-order valence-corrected chi connectivity index (χ0v) is 20.1. The highest BCUT2D eigenvalue weighted by Crippen LogP contribution is 2.57. The van der Waals surface area contributed by atoms with E-state index in [9.17, 15) is 14.7 Å². The Morgan fingerprint density at radius 3 is 2.48 bits per heavy atom. The predicted molar refractivity (Wildman–Crippen MR) is 120 cm³/mol. The number of Topliss-reactive ketones (excluding diaryl/α,β-unsaturated/α-hetero) is 1. The highest BCUT2D eigenvalue weighted by molar-refractivity contribution is 6.26. The molecule has 0 bridgehead atoms. The molecule has 1 amide bonds. The summed E-state index contributed by atoms with van der Waals surface area (Å²) in [6, 6.07) is -0.487. The number of ketones is 1. The lowest BCUT2D eigenvalue weighted by Gasteiger charge is -2.48. The Bertz CT molecular complexity index is 831. The lowest BCUT2D eigenvalue weighted by atomic mass is 9.56. The highest BCUT2D eigenvalue weighted by Gasteiger charge is 2.61. The maximum absolute atomic E-state index is 13.4. The van der Waals surface area contributed by atoms with Crippen LogP contribution in [0.3, 0.4) is 0 Å². The van der Waals surface area contributed by atoms with Crippen LogP contribution in [0.2, 0.25) is 0 Å². The van der Waals surface area contributed by atoms with Crippen LogP contribution in [0.4, 0.5) is 0 Å². The van der Waals surface area contributed by atoms with Crippen molar-refractivity contribution in [1.82, 2.24) is 4.90 Å². The van der Waals surface area contributed by atoms with Crippen LogP contribution in [-0.2, 0) is 14.3 Å². The maximum atomic E-state index is 13.4. The second kappa shape index (κ2) is 7.75. The van der Waals surface area contributed by atoms with Crippen molar-refractivity contribution in [1.29, 1.82) is 0 Å². The normalized spacial score (nSPS) is 47.4. The van der Waals surface area contributed by atoms with Gasteiger partial charge < -0.3 is 14.7 Å². The third-order valence-electron chi connectivity index (χ3n) is 9.03. The van der Waals surface area contributed by atoms with Gasteiger partial charge in [-0.25, -0.2) is 0 Å². The minimum absolute atomic E-state index is 0.0160. The van der Waals surface area contributed by atoms with Crippen LogP contribution >= 0.6 is 0 Å². The zero-order valence-electron chi connectivity index (χ0n) is 20.1. The molecule has 2 aliphatic heterocycles. The second-order valence-electron chi connectivity index (χ2n) is 11.0. The molecule has 3 fully saturated rings. The quantitative estimate of drug-likeness (QED) is 0.234. The van der Waals surface area contributed by atoms with E-state index < -0.39 is 6.04 Å². The summed E-state index contributed by atoms with van der Waals surface area (Å²) in [5.41, 5.74) is -0.338. The summed E-state index contributed by atoms with van der Waals surface area (Å²) in [5, 5.41) is 11.7. The van der Waals surface area contributed by atoms with Gasteiger partial charge in [0, 0.05) is 18.9 Å². The van der Waals surface area contributed by atoms with Crippen LogP contribution in [-0.4, -0.2) is 46.5 Å². The van der Waals surface area contributed by atoms with E-state index in [4.69, 9.17) is 4.74 Å². The topological polar surface area (TPSA) is 70.1 Å². The number of allylic oxidation sites excluding steroid dienone is 2. The first kappa shape index (κ1) is 22.6. The van der Waals surface area contributed by atoms with Gasteiger partial charge in [0.1, 0.15) is 11.3 Å². The molecule has 0 spiro atoms. The van der Waals surface area contributed by atoms with Gasteiger partial charge in [0.2, 0.25) is 0 Å². The lowest BCUT2D eigenvalue weighted by Crippen LogP contribution is -2.45. The fraction of sp³-hybridized carbons (Fsp3) is 0.769.